The summed E-state index contributed by atoms with van der Waals surface area (Å²) in [6.45, 7) is 9.74. The molecule has 0 bridgehead atoms. The Morgan fingerprint density at radius 3 is 2.15 bits per heavy atom. The third-order valence-electron chi connectivity index (χ3n) is 1.93. The van der Waals surface area contributed by atoms with Crippen LogP contribution < -0.4 is 0 Å². The van der Waals surface area contributed by atoms with Gasteiger partial charge in [-0.25, -0.2) is 0 Å². The molecule has 0 aromatic carbocycles. The third kappa shape index (κ3) is 5.62. The van der Waals surface area contributed by atoms with Crippen molar-refractivity contribution in [2.24, 2.45) is 0 Å². The highest BCUT2D eigenvalue weighted by molar-refractivity contribution is 4.68. The van der Waals surface area contributed by atoms with Crippen LogP contribution in [0.15, 0.2) is 0 Å². The SMILES string of the molecule is CC(C)N(COCCC#N)C(C)C. The van der Waals surface area contributed by atoms with Crippen LogP contribution in [0.3, 0.4) is 0 Å². The Labute approximate surface area is 81.3 Å². The Kier molecular flexibility index (Phi) is 6.56. The smallest absolute Gasteiger partial charge is 0.0995 e. The van der Waals surface area contributed by atoms with Crippen molar-refractivity contribution < 1.29 is 4.74 Å². The zero-order valence-corrected chi connectivity index (χ0v) is 9.08. The van der Waals surface area contributed by atoms with Gasteiger partial charge in [0, 0.05) is 12.1 Å². The first-order valence-corrected chi connectivity index (χ1v) is 4.80. The number of rotatable bonds is 6. The van der Waals surface area contributed by atoms with Gasteiger partial charge in [-0.3, -0.25) is 4.90 Å². The van der Waals surface area contributed by atoms with E-state index in [1.807, 2.05) is 0 Å². The average molecular weight is 184 g/mol. The van der Waals surface area contributed by atoms with Crippen LogP contribution in [-0.4, -0.2) is 30.3 Å². The van der Waals surface area contributed by atoms with Crippen LogP contribution >= 0.6 is 0 Å². The van der Waals surface area contributed by atoms with E-state index in [0.29, 0.717) is 31.8 Å². The number of nitrogens with zero attached hydrogens (tertiary/aromatic N) is 2. The van der Waals surface area contributed by atoms with E-state index in [9.17, 15) is 0 Å². The van der Waals surface area contributed by atoms with E-state index in [0.717, 1.165) is 0 Å². The fourth-order valence-electron chi connectivity index (χ4n) is 1.18. The van der Waals surface area contributed by atoms with Gasteiger partial charge in [-0.2, -0.15) is 5.26 Å². The van der Waals surface area contributed by atoms with Gasteiger partial charge < -0.3 is 4.74 Å². The van der Waals surface area contributed by atoms with Crippen LogP contribution in [0.4, 0.5) is 0 Å². The van der Waals surface area contributed by atoms with Gasteiger partial charge in [0.25, 0.3) is 0 Å². The summed E-state index contributed by atoms with van der Waals surface area (Å²) in [4.78, 5) is 2.25. The summed E-state index contributed by atoms with van der Waals surface area (Å²) in [6, 6.07) is 3.03. The van der Waals surface area contributed by atoms with Crippen molar-refractivity contribution in [1.29, 1.82) is 5.26 Å². The van der Waals surface area contributed by atoms with Crippen LogP contribution in [0, 0.1) is 11.3 Å². The van der Waals surface area contributed by atoms with Crippen molar-refractivity contribution in [2.45, 2.75) is 46.2 Å². The van der Waals surface area contributed by atoms with Crippen molar-refractivity contribution in [2.75, 3.05) is 13.3 Å². The van der Waals surface area contributed by atoms with Gasteiger partial charge in [-0.15, -0.1) is 0 Å². The molecule has 0 aromatic heterocycles. The molecule has 0 radical (unpaired) electrons. The first kappa shape index (κ1) is 12.4. The molecule has 13 heavy (non-hydrogen) atoms. The summed E-state index contributed by atoms with van der Waals surface area (Å²) in [7, 11) is 0. The second kappa shape index (κ2) is 6.88. The monoisotopic (exact) mass is 184 g/mol. The maximum Gasteiger partial charge on any atom is 0.0995 e. The highest BCUT2D eigenvalue weighted by atomic mass is 16.5. The fourth-order valence-corrected chi connectivity index (χ4v) is 1.18. The van der Waals surface area contributed by atoms with E-state index in [4.69, 9.17) is 10.00 Å². The van der Waals surface area contributed by atoms with Gasteiger partial charge in [0.1, 0.15) is 0 Å². The van der Waals surface area contributed by atoms with Crippen molar-refractivity contribution in [1.82, 2.24) is 4.90 Å². The van der Waals surface area contributed by atoms with Gasteiger partial charge in [-0.05, 0) is 27.7 Å². The minimum Gasteiger partial charge on any atom is -0.365 e. The molecule has 0 aliphatic carbocycles. The number of ether oxygens (including phenoxy) is 1. The Bertz CT molecular complexity index is 153. The van der Waals surface area contributed by atoms with Crippen molar-refractivity contribution >= 4 is 0 Å². The highest BCUT2D eigenvalue weighted by Crippen LogP contribution is 2.04. The van der Waals surface area contributed by atoms with Gasteiger partial charge >= 0.3 is 0 Å². The molecule has 0 atom stereocenters. The normalized spacial score (nSPS) is 11.2. The molecule has 3 nitrogen and oxygen atoms in total. The molecule has 0 aliphatic heterocycles. The molecule has 0 amide bonds. The molecular weight excluding hydrogens is 164 g/mol. The van der Waals surface area contributed by atoms with E-state index in [2.05, 4.69) is 38.7 Å². The highest BCUT2D eigenvalue weighted by Gasteiger charge is 2.12. The lowest BCUT2D eigenvalue weighted by atomic mass is 10.2. The maximum atomic E-state index is 8.31. The Hall–Kier alpha value is -0.590. The molecule has 0 saturated carbocycles. The van der Waals surface area contributed by atoms with Crippen molar-refractivity contribution in [3.8, 4) is 6.07 Å². The van der Waals surface area contributed by atoms with Crippen LogP contribution in [0.5, 0.6) is 0 Å². The zero-order valence-electron chi connectivity index (χ0n) is 9.08. The van der Waals surface area contributed by atoms with Gasteiger partial charge in [0.15, 0.2) is 0 Å². The quantitative estimate of drug-likeness (QED) is 0.468. The molecule has 0 fully saturated rings. The summed E-state index contributed by atoms with van der Waals surface area (Å²) in [5.41, 5.74) is 0. The average Bonchev–Trinajstić information content (AvgIpc) is 2.02. The predicted octanol–water partition coefficient (Wildman–Crippen LogP) is 1.99. The number of hydrogen-bond donors (Lipinski definition) is 0. The first-order chi connectivity index (χ1) is 6.09. The molecule has 76 valence electrons. The van der Waals surface area contributed by atoms with Crippen LogP contribution in [-0.2, 0) is 4.74 Å². The molecule has 0 heterocycles. The minimum absolute atomic E-state index is 0.476. The molecule has 0 saturated heterocycles. The molecule has 0 unspecified atom stereocenters. The second-order valence-electron chi connectivity index (χ2n) is 3.65. The van der Waals surface area contributed by atoms with E-state index < -0.39 is 0 Å². The van der Waals surface area contributed by atoms with Crippen LogP contribution in [0.1, 0.15) is 34.1 Å². The molecule has 0 aliphatic rings. The Morgan fingerprint density at radius 2 is 1.77 bits per heavy atom. The van der Waals surface area contributed by atoms with E-state index >= 15 is 0 Å². The number of hydrogen-bond acceptors (Lipinski definition) is 3. The lowest BCUT2D eigenvalue weighted by Gasteiger charge is -2.29. The summed E-state index contributed by atoms with van der Waals surface area (Å²) in [5, 5.41) is 8.31. The van der Waals surface area contributed by atoms with Crippen LogP contribution in [0.2, 0.25) is 0 Å². The van der Waals surface area contributed by atoms with Crippen molar-refractivity contribution in [3.63, 3.8) is 0 Å². The predicted molar refractivity (Wildman–Crippen MR) is 53.2 cm³/mol. The standard InChI is InChI=1S/C10H20N2O/c1-9(2)12(10(3)4)8-13-7-5-6-11/h9-10H,5,7-8H2,1-4H3. The second-order valence-corrected chi connectivity index (χ2v) is 3.65. The van der Waals surface area contributed by atoms with Gasteiger partial charge in [0.2, 0.25) is 0 Å². The van der Waals surface area contributed by atoms with Crippen LogP contribution in [0.25, 0.3) is 0 Å². The van der Waals surface area contributed by atoms with E-state index in [-0.39, 0.29) is 0 Å². The number of nitriles is 1. The minimum atomic E-state index is 0.476. The zero-order chi connectivity index (χ0) is 10.3. The molecule has 0 N–H and O–H groups in total. The Balaban J connectivity index is 3.65. The maximum absolute atomic E-state index is 8.31. The lowest BCUT2D eigenvalue weighted by Crippen LogP contribution is -2.38. The molecular formula is C10H20N2O. The van der Waals surface area contributed by atoms with E-state index in [1.165, 1.54) is 0 Å². The van der Waals surface area contributed by atoms with Crippen molar-refractivity contribution in [3.05, 3.63) is 0 Å². The molecule has 0 aromatic rings. The fraction of sp³-hybridized carbons (Fsp3) is 0.900. The molecule has 3 heteroatoms. The lowest BCUT2D eigenvalue weighted by molar-refractivity contribution is -0.00303. The topological polar surface area (TPSA) is 36.3 Å². The van der Waals surface area contributed by atoms with Gasteiger partial charge in [-0.1, -0.05) is 0 Å². The summed E-state index contributed by atoms with van der Waals surface area (Å²) in [6.07, 6.45) is 0.476. The Morgan fingerprint density at radius 1 is 1.23 bits per heavy atom. The van der Waals surface area contributed by atoms with E-state index in [1.54, 1.807) is 0 Å². The first-order valence-electron chi connectivity index (χ1n) is 4.80. The van der Waals surface area contributed by atoms with Gasteiger partial charge in [0.05, 0.1) is 25.8 Å². The molecule has 0 spiro atoms. The summed E-state index contributed by atoms with van der Waals surface area (Å²) < 4.78 is 5.36. The third-order valence-corrected chi connectivity index (χ3v) is 1.93. The summed E-state index contributed by atoms with van der Waals surface area (Å²) in [5.74, 6) is 0. The molecule has 0 rings (SSSR count). The largest absolute Gasteiger partial charge is 0.365 e. The summed E-state index contributed by atoms with van der Waals surface area (Å²) >= 11 is 0.